The Kier molecular flexibility index (Phi) is 16.2. The summed E-state index contributed by atoms with van der Waals surface area (Å²) in [7, 11) is 0. The van der Waals surface area contributed by atoms with Crippen LogP contribution < -0.4 is 0 Å². The Morgan fingerprint density at radius 1 is 0.481 bits per heavy atom. The first-order chi connectivity index (χ1) is 12.2. The van der Waals surface area contributed by atoms with Gasteiger partial charge in [-0.2, -0.15) is 0 Å². The summed E-state index contributed by atoms with van der Waals surface area (Å²) < 4.78 is 0. The zero-order valence-corrected chi connectivity index (χ0v) is 18.4. The van der Waals surface area contributed by atoms with E-state index in [4.69, 9.17) is 20.4 Å². The maximum Gasteiger partial charge on any atom is 0.115 e. The maximum absolute atomic E-state index is 8.63. The molecule has 4 N–H and O–H groups in total. The molecule has 3 rings (SSSR count). The van der Waals surface area contributed by atoms with Gasteiger partial charge in [-0.3, -0.25) is 0 Å². The zero-order valence-electron chi connectivity index (χ0n) is 15.9. The molecule has 0 unspecified atom stereocenters. The number of hydrogen-bond acceptors (Lipinski definition) is 4. The van der Waals surface area contributed by atoms with E-state index in [1.54, 1.807) is 93.6 Å². The van der Waals surface area contributed by atoms with Gasteiger partial charge in [-0.05, 0) is 57.2 Å². The van der Waals surface area contributed by atoms with E-state index < -0.39 is 5.60 Å². The Bertz CT molecular complexity index is 574. The summed E-state index contributed by atoms with van der Waals surface area (Å²) in [5, 5.41) is 34.4. The fourth-order valence-corrected chi connectivity index (χ4v) is 1.28. The van der Waals surface area contributed by atoms with Gasteiger partial charge in [0, 0.05) is 26.2 Å². The molecule has 27 heavy (non-hydrogen) atoms. The van der Waals surface area contributed by atoms with E-state index in [1.807, 2.05) is 18.2 Å². The van der Waals surface area contributed by atoms with Gasteiger partial charge >= 0.3 is 0 Å². The van der Waals surface area contributed by atoms with E-state index >= 15 is 0 Å². The second-order valence-corrected chi connectivity index (χ2v) is 6.18. The van der Waals surface area contributed by atoms with E-state index in [1.165, 1.54) is 0 Å². The number of hydrogen-bond donors (Lipinski definition) is 4. The van der Waals surface area contributed by atoms with Gasteiger partial charge in [-0.1, -0.05) is 54.6 Å². The monoisotopic (exact) mass is 446 g/mol. The number of phenols is 3. The van der Waals surface area contributed by atoms with Crippen molar-refractivity contribution in [3.63, 3.8) is 0 Å². The molecule has 4 nitrogen and oxygen atoms in total. The van der Waals surface area contributed by atoms with Crippen LogP contribution in [0.25, 0.3) is 0 Å². The SMILES string of the molecule is CC(C)(C)O.Oc1ccccc1.Oc1ccccc1.Oc1ccccc1.[Zr]. The van der Waals surface area contributed by atoms with Crippen molar-refractivity contribution in [3.8, 4) is 17.2 Å². The quantitative estimate of drug-likeness (QED) is 0.393. The van der Waals surface area contributed by atoms with Gasteiger partial charge < -0.3 is 20.4 Å². The minimum Gasteiger partial charge on any atom is -0.508 e. The molecule has 3 aromatic rings. The van der Waals surface area contributed by atoms with Crippen molar-refractivity contribution in [2.45, 2.75) is 26.4 Å². The maximum atomic E-state index is 8.63. The molecule has 0 aromatic heterocycles. The van der Waals surface area contributed by atoms with Crippen LogP contribution in [0.4, 0.5) is 0 Å². The predicted molar refractivity (Wildman–Crippen MR) is 106 cm³/mol. The second-order valence-electron chi connectivity index (χ2n) is 6.18. The molecule has 3 aromatic carbocycles. The van der Waals surface area contributed by atoms with Crippen molar-refractivity contribution < 1.29 is 46.6 Å². The third-order valence-electron chi connectivity index (χ3n) is 2.27. The number of rotatable bonds is 0. The molecule has 0 saturated carbocycles. The van der Waals surface area contributed by atoms with Gasteiger partial charge in [0.15, 0.2) is 0 Å². The molecule has 0 bridgehead atoms. The third kappa shape index (κ3) is 23.9. The van der Waals surface area contributed by atoms with Crippen LogP contribution in [0.5, 0.6) is 17.2 Å². The summed E-state index contributed by atoms with van der Waals surface area (Å²) in [6, 6.07) is 26.1. The fraction of sp³-hybridized carbons (Fsp3) is 0.182. The largest absolute Gasteiger partial charge is 0.508 e. The zero-order chi connectivity index (χ0) is 19.8. The normalized spacial score (nSPS) is 8.89. The first kappa shape index (κ1) is 27.1. The number of benzene rings is 3. The molecule has 0 saturated heterocycles. The molecule has 0 spiro atoms. The van der Waals surface area contributed by atoms with Crippen LogP contribution in [-0.2, 0) is 26.2 Å². The molecule has 0 aliphatic carbocycles. The van der Waals surface area contributed by atoms with Crippen LogP contribution in [0.3, 0.4) is 0 Å². The second kappa shape index (κ2) is 16.1. The molecular formula is C22H28O4Zr. The van der Waals surface area contributed by atoms with Crippen molar-refractivity contribution in [1.29, 1.82) is 0 Å². The van der Waals surface area contributed by atoms with Crippen LogP contribution in [0.2, 0.25) is 0 Å². The standard InChI is InChI=1S/3C6H6O.C4H10O.Zr/c3*7-6-4-2-1-3-5-6;1-4(2,3)5;/h3*1-5,7H;5H,1-3H3;. The summed E-state index contributed by atoms with van der Waals surface area (Å²) in [6.45, 7) is 5.23. The number of para-hydroxylation sites is 3. The summed E-state index contributed by atoms with van der Waals surface area (Å²) in [5.74, 6) is 0.965. The van der Waals surface area contributed by atoms with Crippen molar-refractivity contribution in [2.75, 3.05) is 0 Å². The molecule has 0 atom stereocenters. The van der Waals surface area contributed by atoms with Gasteiger partial charge in [0.05, 0.1) is 5.60 Å². The first-order valence-corrected chi connectivity index (χ1v) is 8.13. The molecule has 144 valence electrons. The summed E-state index contributed by atoms with van der Waals surface area (Å²) >= 11 is 0. The van der Waals surface area contributed by atoms with E-state index in [2.05, 4.69) is 0 Å². The molecule has 0 fully saturated rings. The van der Waals surface area contributed by atoms with Crippen molar-refractivity contribution in [1.82, 2.24) is 0 Å². The minimum absolute atomic E-state index is 0. The average Bonchev–Trinajstić information content (AvgIpc) is 2.57. The third-order valence-corrected chi connectivity index (χ3v) is 2.27. The summed E-state index contributed by atoms with van der Waals surface area (Å²) in [4.78, 5) is 0. The Morgan fingerprint density at radius 3 is 0.704 bits per heavy atom. The number of phenolic OH excluding ortho intramolecular Hbond substituents is 3. The number of aliphatic hydroxyl groups is 1. The van der Waals surface area contributed by atoms with Gasteiger partial charge in [-0.25, -0.2) is 0 Å². The van der Waals surface area contributed by atoms with E-state index in [9.17, 15) is 0 Å². The molecule has 0 aliphatic rings. The molecule has 0 radical (unpaired) electrons. The van der Waals surface area contributed by atoms with E-state index in [0.29, 0.717) is 17.2 Å². The Morgan fingerprint density at radius 2 is 0.630 bits per heavy atom. The van der Waals surface area contributed by atoms with E-state index in [0.717, 1.165) is 0 Å². The summed E-state index contributed by atoms with van der Waals surface area (Å²) in [5.41, 5.74) is -0.500. The Labute approximate surface area is 180 Å². The van der Waals surface area contributed by atoms with Crippen LogP contribution >= 0.6 is 0 Å². The fourth-order valence-electron chi connectivity index (χ4n) is 1.28. The topological polar surface area (TPSA) is 80.9 Å². The summed E-state index contributed by atoms with van der Waals surface area (Å²) in [6.07, 6.45) is 0. The van der Waals surface area contributed by atoms with Crippen LogP contribution in [0.15, 0.2) is 91.0 Å². The van der Waals surface area contributed by atoms with Crippen molar-refractivity contribution >= 4 is 0 Å². The first-order valence-electron chi connectivity index (χ1n) is 8.13. The molecule has 0 aliphatic heterocycles. The van der Waals surface area contributed by atoms with Gasteiger partial charge in [0.2, 0.25) is 0 Å². The van der Waals surface area contributed by atoms with E-state index in [-0.39, 0.29) is 26.2 Å². The molecule has 0 amide bonds. The van der Waals surface area contributed by atoms with Gasteiger partial charge in [0.1, 0.15) is 17.2 Å². The average molecular weight is 448 g/mol. The molecular weight excluding hydrogens is 419 g/mol. The smallest absolute Gasteiger partial charge is 0.115 e. The minimum atomic E-state index is -0.500. The van der Waals surface area contributed by atoms with Crippen LogP contribution in [-0.4, -0.2) is 26.0 Å². The van der Waals surface area contributed by atoms with Gasteiger partial charge in [-0.15, -0.1) is 0 Å². The molecule has 5 heteroatoms. The molecule has 0 heterocycles. The van der Waals surface area contributed by atoms with Crippen LogP contribution in [0.1, 0.15) is 20.8 Å². The Hall–Kier alpha value is -2.10. The van der Waals surface area contributed by atoms with Crippen molar-refractivity contribution in [2.24, 2.45) is 0 Å². The number of aromatic hydroxyl groups is 3. The van der Waals surface area contributed by atoms with Crippen molar-refractivity contribution in [3.05, 3.63) is 91.0 Å². The predicted octanol–water partition coefficient (Wildman–Crippen LogP) is 4.95. The Balaban J connectivity index is 0. The van der Waals surface area contributed by atoms with Crippen LogP contribution in [0, 0.1) is 0 Å². The van der Waals surface area contributed by atoms with Gasteiger partial charge in [0.25, 0.3) is 0 Å².